The Labute approximate surface area is 86.0 Å². The van der Waals surface area contributed by atoms with Gasteiger partial charge in [-0.1, -0.05) is 5.16 Å². The number of aliphatic hydroxyl groups excluding tert-OH is 1. The summed E-state index contributed by atoms with van der Waals surface area (Å²) in [5.41, 5.74) is 0.582. The molecule has 0 aromatic carbocycles. The van der Waals surface area contributed by atoms with Crippen LogP contribution in [0.4, 0.5) is 0 Å². The Kier molecular flexibility index (Phi) is 2.42. The second kappa shape index (κ2) is 3.74. The molecule has 0 radical (unpaired) electrons. The number of hydrogen-bond acceptors (Lipinski definition) is 6. The Morgan fingerprint density at radius 3 is 2.80 bits per heavy atom. The highest BCUT2D eigenvalue weighted by atomic mass is 16.5. The van der Waals surface area contributed by atoms with E-state index in [0.29, 0.717) is 17.3 Å². The molecule has 0 aliphatic carbocycles. The Morgan fingerprint density at radius 2 is 2.20 bits per heavy atom. The summed E-state index contributed by atoms with van der Waals surface area (Å²) >= 11 is 0. The maximum absolute atomic E-state index is 9.21. The molecule has 1 atom stereocenters. The summed E-state index contributed by atoms with van der Waals surface area (Å²) in [6, 6.07) is 1.68. The van der Waals surface area contributed by atoms with Crippen molar-refractivity contribution in [2.45, 2.75) is 20.0 Å². The topological polar surface area (TPSA) is 84.9 Å². The fourth-order valence-corrected chi connectivity index (χ4v) is 1.09. The van der Waals surface area contributed by atoms with Gasteiger partial charge in [0.1, 0.15) is 17.6 Å². The molecule has 2 aromatic rings. The third-order valence-corrected chi connectivity index (χ3v) is 1.80. The Bertz CT molecular complexity index is 467. The summed E-state index contributed by atoms with van der Waals surface area (Å²) < 4.78 is 4.85. The lowest BCUT2D eigenvalue weighted by Crippen LogP contribution is -1.93. The van der Waals surface area contributed by atoms with Gasteiger partial charge in [0, 0.05) is 6.20 Å². The molecule has 0 unspecified atom stereocenters. The molecule has 0 saturated carbocycles. The predicted octanol–water partition coefficient (Wildman–Crippen LogP) is 0.888. The Morgan fingerprint density at radius 1 is 1.40 bits per heavy atom. The van der Waals surface area contributed by atoms with E-state index in [-0.39, 0.29) is 5.89 Å². The van der Waals surface area contributed by atoms with E-state index in [0.717, 1.165) is 0 Å². The molecule has 2 heterocycles. The summed E-state index contributed by atoms with van der Waals surface area (Å²) in [5, 5.41) is 12.9. The minimum atomic E-state index is -0.769. The van der Waals surface area contributed by atoms with E-state index in [1.54, 1.807) is 26.1 Å². The smallest absolute Gasteiger partial charge is 0.255 e. The van der Waals surface area contributed by atoms with Crippen LogP contribution in [0.5, 0.6) is 0 Å². The second-order valence-electron chi connectivity index (χ2n) is 3.12. The van der Waals surface area contributed by atoms with Gasteiger partial charge < -0.3 is 9.63 Å². The van der Waals surface area contributed by atoms with Gasteiger partial charge in [-0.05, 0) is 19.9 Å². The Hall–Kier alpha value is -1.82. The zero-order valence-electron chi connectivity index (χ0n) is 8.38. The summed E-state index contributed by atoms with van der Waals surface area (Å²) in [6.45, 7) is 3.34. The third kappa shape index (κ3) is 1.99. The van der Waals surface area contributed by atoms with Gasteiger partial charge in [0.15, 0.2) is 0 Å². The van der Waals surface area contributed by atoms with Crippen LogP contribution in [0.15, 0.2) is 16.8 Å². The van der Waals surface area contributed by atoms with Crippen molar-refractivity contribution in [1.29, 1.82) is 0 Å². The molecule has 0 amide bonds. The van der Waals surface area contributed by atoms with Gasteiger partial charge in [-0.15, -0.1) is 0 Å². The number of aliphatic hydroxyl groups is 1. The van der Waals surface area contributed by atoms with Crippen LogP contribution in [-0.4, -0.2) is 25.2 Å². The summed E-state index contributed by atoms with van der Waals surface area (Å²) in [5.74, 6) is 1.17. The molecule has 6 nitrogen and oxygen atoms in total. The first-order valence-corrected chi connectivity index (χ1v) is 4.48. The van der Waals surface area contributed by atoms with Crippen molar-refractivity contribution in [3.05, 3.63) is 24.0 Å². The zero-order valence-corrected chi connectivity index (χ0v) is 8.38. The molecule has 0 fully saturated rings. The van der Waals surface area contributed by atoms with Crippen LogP contribution in [-0.2, 0) is 0 Å². The first kappa shape index (κ1) is 9.72. The highest BCUT2D eigenvalue weighted by Crippen LogP contribution is 2.15. The number of nitrogens with zero attached hydrogens (tertiary/aromatic N) is 4. The van der Waals surface area contributed by atoms with E-state index >= 15 is 0 Å². The van der Waals surface area contributed by atoms with Crippen LogP contribution in [0.25, 0.3) is 11.5 Å². The molecule has 0 aliphatic rings. The van der Waals surface area contributed by atoms with Gasteiger partial charge in [-0.2, -0.15) is 4.98 Å². The van der Waals surface area contributed by atoms with E-state index in [2.05, 4.69) is 20.1 Å². The summed E-state index contributed by atoms with van der Waals surface area (Å²) in [6.07, 6.45) is 0.852. The van der Waals surface area contributed by atoms with Crippen LogP contribution in [0.3, 0.4) is 0 Å². The first-order valence-electron chi connectivity index (χ1n) is 4.48. The standard InChI is InChI=1S/C9H10N4O2/c1-5(14)9-12-8(13-15-9)7-3-4-10-6(2)11-7/h3-5,14H,1-2H3/t5-/m0/s1. The quantitative estimate of drug-likeness (QED) is 0.785. The van der Waals surface area contributed by atoms with Gasteiger partial charge in [0.25, 0.3) is 5.89 Å². The molecular formula is C9H10N4O2. The van der Waals surface area contributed by atoms with Crippen molar-refractivity contribution in [2.75, 3.05) is 0 Å². The lowest BCUT2D eigenvalue weighted by molar-refractivity contribution is 0.152. The average Bonchev–Trinajstić information content (AvgIpc) is 2.66. The fraction of sp³-hybridized carbons (Fsp3) is 0.333. The van der Waals surface area contributed by atoms with E-state index < -0.39 is 6.10 Å². The summed E-state index contributed by atoms with van der Waals surface area (Å²) in [7, 11) is 0. The predicted molar refractivity (Wildman–Crippen MR) is 50.7 cm³/mol. The van der Waals surface area contributed by atoms with Gasteiger partial charge in [0.05, 0.1) is 0 Å². The van der Waals surface area contributed by atoms with E-state index in [1.165, 1.54) is 0 Å². The number of hydrogen-bond donors (Lipinski definition) is 1. The van der Waals surface area contributed by atoms with Crippen molar-refractivity contribution in [3.8, 4) is 11.5 Å². The molecule has 6 heteroatoms. The monoisotopic (exact) mass is 206 g/mol. The van der Waals surface area contributed by atoms with Gasteiger partial charge in [0.2, 0.25) is 5.82 Å². The molecular weight excluding hydrogens is 196 g/mol. The molecule has 0 saturated heterocycles. The fourth-order valence-electron chi connectivity index (χ4n) is 1.09. The zero-order chi connectivity index (χ0) is 10.8. The van der Waals surface area contributed by atoms with Crippen molar-refractivity contribution in [3.63, 3.8) is 0 Å². The van der Waals surface area contributed by atoms with Crippen LogP contribution in [0.1, 0.15) is 24.7 Å². The second-order valence-corrected chi connectivity index (χ2v) is 3.12. The van der Waals surface area contributed by atoms with Crippen LogP contribution in [0, 0.1) is 6.92 Å². The molecule has 78 valence electrons. The lowest BCUT2D eigenvalue weighted by Gasteiger charge is -1.94. The minimum absolute atomic E-state index is 0.182. The number of aromatic nitrogens is 4. The molecule has 2 rings (SSSR count). The molecule has 0 bridgehead atoms. The molecule has 0 spiro atoms. The normalized spacial score (nSPS) is 12.7. The summed E-state index contributed by atoms with van der Waals surface area (Å²) in [4.78, 5) is 12.1. The third-order valence-electron chi connectivity index (χ3n) is 1.80. The largest absolute Gasteiger partial charge is 0.384 e. The van der Waals surface area contributed by atoms with Crippen molar-refractivity contribution < 1.29 is 9.63 Å². The van der Waals surface area contributed by atoms with E-state index in [9.17, 15) is 5.11 Å². The lowest BCUT2D eigenvalue weighted by atomic mass is 10.3. The molecule has 0 aliphatic heterocycles. The van der Waals surface area contributed by atoms with E-state index in [4.69, 9.17) is 4.52 Å². The van der Waals surface area contributed by atoms with Gasteiger partial charge in [-0.25, -0.2) is 9.97 Å². The van der Waals surface area contributed by atoms with Crippen LogP contribution in [0.2, 0.25) is 0 Å². The minimum Gasteiger partial charge on any atom is -0.384 e. The molecule has 15 heavy (non-hydrogen) atoms. The van der Waals surface area contributed by atoms with Crippen molar-refractivity contribution >= 4 is 0 Å². The van der Waals surface area contributed by atoms with Crippen LogP contribution < -0.4 is 0 Å². The SMILES string of the molecule is Cc1nccc(-c2noc([C@H](C)O)n2)n1. The van der Waals surface area contributed by atoms with E-state index in [1.807, 2.05) is 0 Å². The van der Waals surface area contributed by atoms with Crippen molar-refractivity contribution in [1.82, 2.24) is 20.1 Å². The first-order chi connectivity index (χ1) is 7.16. The molecule has 1 N–H and O–H groups in total. The molecule has 2 aromatic heterocycles. The highest BCUT2D eigenvalue weighted by molar-refractivity contribution is 5.46. The van der Waals surface area contributed by atoms with Gasteiger partial charge >= 0.3 is 0 Å². The Balaban J connectivity index is 2.37. The van der Waals surface area contributed by atoms with Crippen LogP contribution >= 0.6 is 0 Å². The highest BCUT2D eigenvalue weighted by Gasteiger charge is 2.13. The maximum Gasteiger partial charge on any atom is 0.255 e. The maximum atomic E-state index is 9.21. The van der Waals surface area contributed by atoms with Crippen molar-refractivity contribution in [2.24, 2.45) is 0 Å². The van der Waals surface area contributed by atoms with Gasteiger partial charge in [-0.3, -0.25) is 0 Å². The average molecular weight is 206 g/mol. The number of aryl methyl sites for hydroxylation is 1. The number of rotatable bonds is 2.